The van der Waals surface area contributed by atoms with Crippen LogP contribution in [0.5, 0.6) is 0 Å². The molecule has 0 spiro atoms. The van der Waals surface area contributed by atoms with Gasteiger partial charge in [0, 0.05) is 32.2 Å². The van der Waals surface area contributed by atoms with E-state index in [0.29, 0.717) is 18.7 Å². The summed E-state index contributed by atoms with van der Waals surface area (Å²) in [6.45, 7) is 5.65. The molecule has 1 fully saturated rings. The third-order valence-electron chi connectivity index (χ3n) is 3.89. The summed E-state index contributed by atoms with van der Waals surface area (Å²) in [5.74, 6) is -0.148. The number of carbonyl (C=O) groups is 2. The normalized spacial score (nSPS) is 19.1. The standard InChI is InChI=1S/C16H21N3O2/c1-4-15(20)19-9-8-18(3)14(11-19)12-6-5-7-13(10-12)16(21)17-2/h4-7,10,14H,1,8-9,11H2,2-3H3,(H,17,21). The lowest BCUT2D eigenvalue weighted by Gasteiger charge is -2.39. The molecule has 1 unspecified atom stereocenters. The highest BCUT2D eigenvalue weighted by atomic mass is 16.2. The third-order valence-corrected chi connectivity index (χ3v) is 3.89. The van der Waals surface area contributed by atoms with E-state index in [4.69, 9.17) is 0 Å². The molecular formula is C16H21N3O2. The number of piperazine rings is 1. The molecule has 0 aromatic heterocycles. The van der Waals surface area contributed by atoms with Crippen LogP contribution in [-0.2, 0) is 4.79 Å². The van der Waals surface area contributed by atoms with Gasteiger partial charge in [-0.2, -0.15) is 0 Å². The van der Waals surface area contributed by atoms with Crippen molar-refractivity contribution in [3.8, 4) is 0 Å². The van der Waals surface area contributed by atoms with E-state index in [2.05, 4.69) is 16.8 Å². The molecule has 2 amide bonds. The second-order valence-electron chi connectivity index (χ2n) is 5.19. The molecule has 1 aliphatic rings. The molecule has 1 N–H and O–H groups in total. The van der Waals surface area contributed by atoms with E-state index >= 15 is 0 Å². The first-order valence-corrected chi connectivity index (χ1v) is 7.00. The number of amides is 2. The van der Waals surface area contributed by atoms with Crippen LogP contribution in [0.25, 0.3) is 0 Å². The van der Waals surface area contributed by atoms with Crippen molar-refractivity contribution < 1.29 is 9.59 Å². The van der Waals surface area contributed by atoms with Crippen LogP contribution in [0.15, 0.2) is 36.9 Å². The fourth-order valence-corrected chi connectivity index (χ4v) is 2.59. The Morgan fingerprint density at radius 1 is 1.38 bits per heavy atom. The van der Waals surface area contributed by atoms with Crippen LogP contribution < -0.4 is 5.32 Å². The van der Waals surface area contributed by atoms with Crippen LogP contribution in [0.3, 0.4) is 0 Å². The number of hydrogen-bond acceptors (Lipinski definition) is 3. The fourth-order valence-electron chi connectivity index (χ4n) is 2.59. The van der Waals surface area contributed by atoms with Gasteiger partial charge in [0.25, 0.3) is 5.91 Å². The number of hydrogen-bond donors (Lipinski definition) is 1. The summed E-state index contributed by atoms with van der Waals surface area (Å²) in [5.41, 5.74) is 1.68. The minimum atomic E-state index is -0.102. The van der Waals surface area contributed by atoms with Crippen LogP contribution in [0.4, 0.5) is 0 Å². The van der Waals surface area contributed by atoms with Crippen LogP contribution in [0, 0.1) is 0 Å². The van der Waals surface area contributed by atoms with E-state index in [1.165, 1.54) is 6.08 Å². The molecule has 1 saturated heterocycles. The fraction of sp³-hybridized carbons (Fsp3) is 0.375. The molecule has 1 aromatic rings. The summed E-state index contributed by atoms with van der Waals surface area (Å²) in [5, 5.41) is 2.63. The van der Waals surface area contributed by atoms with Crippen molar-refractivity contribution in [2.24, 2.45) is 0 Å². The zero-order valence-corrected chi connectivity index (χ0v) is 12.5. The number of benzene rings is 1. The molecule has 5 heteroatoms. The van der Waals surface area contributed by atoms with E-state index in [-0.39, 0.29) is 17.9 Å². The number of nitrogens with one attached hydrogen (secondary N) is 1. The summed E-state index contributed by atoms with van der Waals surface area (Å²) in [6, 6.07) is 7.64. The molecule has 5 nitrogen and oxygen atoms in total. The van der Waals surface area contributed by atoms with Gasteiger partial charge in [0.15, 0.2) is 0 Å². The van der Waals surface area contributed by atoms with Gasteiger partial charge in [0.05, 0.1) is 6.04 Å². The second-order valence-corrected chi connectivity index (χ2v) is 5.19. The minimum Gasteiger partial charge on any atom is -0.355 e. The molecule has 0 bridgehead atoms. The lowest BCUT2D eigenvalue weighted by Crippen LogP contribution is -2.48. The first-order chi connectivity index (χ1) is 10.1. The summed E-state index contributed by atoms with van der Waals surface area (Å²) < 4.78 is 0. The lowest BCUT2D eigenvalue weighted by molar-refractivity contribution is -0.128. The highest BCUT2D eigenvalue weighted by molar-refractivity contribution is 5.94. The predicted molar refractivity (Wildman–Crippen MR) is 82.0 cm³/mol. The third kappa shape index (κ3) is 3.31. The summed E-state index contributed by atoms with van der Waals surface area (Å²) in [4.78, 5) is 27.5. The Balaban J connectivity index is 2.24. The van der Waals surface area contributed by atoms with E-state index < -0.39 is 0 Å². The van der Waals surface area contributed by atoms with Gasteiger partial charge in [-0.05, 0) is 30.8 Å². The minimum absolute atomic E-state index is 0.0458. The molecular weight excluding hydrogens is 266 g/mol. The Morgan fingerprint density at radius 2 is 2.14 bits per heavy atom. The van der Waals surface area contributed by atoms with Gasteiger partial charge in [-0.15, -0.1) is 0 Å². The molecule has 2 rings (SSSR count). The number of rotatable bonds is 3. The molecule has 1 aliphatic heterocycles. The van der Waals surface area contributed by atoms with Crippen LogP contribution >= 0.6 is 0 Å². The van der Waals surface area contributed by atoms with Crippen molar-refractivity contribution in [2.45, 2.75) is 6.04 Å². The van der Waals surface area contributed by atoms with Gasteiger partial charge >= 0.3 is 0 Å². The molecule has 1 aromatic carbocycles. The average molecular weight is 287 g/mol. The van der Waals surface area contributed by atoms with Crippen LogP contribution in [0.2, 0.25) is 0 Å². The molecule has 0 saturated carbocycles. The van der Waals surface area contributed by atoms with Crippen molar-refractivity contribution >= 4 is 11.8 Å². The van der Waals surface area contributed by atoms with E-state index in [1.54, 1.807) is 18.0 Å². The van der Waals surface area contributed by atoms with Gasteiger partial charge in [-0.25, -0.2) is 0 Å². The molecule has 21 heavy (non-hydrogen) atoms. The number of likely N-dealkylation sites (N-methyl/N-ethyl adjacent to an activating group) is 1. The maximum atomic E-state index is 11.8. The lowest BCUT2D eigenvalue weighted by atomic mass is 10.00. The first kappa shape index (κ1) is 15.3. The number of carbonyl (C=O) groups excluding carboxylic acids is 2. The van der Waals surface area contributed by atoms with Crippen molar-refractivity contribution in [2.75, 3.05) is 33.7 Å². The van der Waals surface area contributed by atoms with E-state index in [9.17, 15) is 9.59 Å². The van der Waals surface area contributed by atoms with Crippen LogP contribution in [-0.4, -0.2) is 55.3 Å². The first-order valence-electron chi connectivity index (χ1n) is 7.00. The smallest absolute Gasteiger partial charge is 0.251 e. The van der Waals surface area contributed by atoms with Gasteiger partial charge in [-0.1, -0.05) is 18.7 Å². The molecule has 1 atom stereocenters. The molecule has 0 radical (unpaired) electrons. The van der Waals surface area contributed by atoms with Crippen molar-refractivity contribution in [3.63, 3.8) is 0 Å². The van der Waals surface area contributed by atoms with Gasteiger partial charge in [0.2, 0.25) is 5.91 Å². The van der Waals surface area contributed by atoms with E-state index in [0.717, 1.165) is 12.1 Å². The monoisotopic (exact) mass is 287 g/mol. The Hall–Kier alpha value is -2.14. The highest BCUT2D eigenvalue weighted by Crippen LogP contribution is 2.25. The largest absolute Gasteiger partial charge is 0.355 e. The molecule has 112 valence electrons. The Labute approximate surface area is 125 Å². The number of nitrogens with zero attached hydrogens (tertiary/aromatic N) is 2. The van der Waals surface area contributed by atoms with Gasteiger partial charge < -0.3 is 10.2 Å². The summed E-state index contributed by atoms with van der Waals surface area (Å²) >= 11 is 0. The van der Waals surface area contributed by atoms with Crippen molar-refractivity contribution in [1.29, 1.82) is 0 Å². The topological polar surface area (TPSA) is 52.7 Å². The zero-order chi connectivity index (χ0) is 15.4. The molecule has 0 aliphatic carbocycles. The summed E-state index contributed by atoms with van der Waals surface area (Å²) in [6.07, 6.45) is 1.35. The zero-order valence-electron chi connectivity index (χ0n) is 12.5. The van der Waals surface area contributed by atoms with Gasteiger partial charge in [0.1, 0.15) is 0 Å². The molecule has 1 heterocycles. The maximum absolute atomic E-state index is 11.8. The predicted octanol–water partition coefficient (Wildman–Crippen LogP) is 1.05. The quantitative estimate of drug-likeness (QED) is 0.845. The van der Waals surface area contributed by atoms with E-state index in [1.807, 2.05) is 25.2 Å². The SMILES string of the molecule is C=CC(=O)N1CCN(C)C(c2cccc(C(=O)NC)c2)C1. The Bertz CT molecular complexity index is 556. The Morgan fingerprint density at radius 3 is 2.81 bits per heavy atom. The Kier molecular flexibility index (Phi) is 4.75. The van der Waals surface area contributed by atoms with Crippen molar-refractivity contribution in [1.82, 2.24) is 15.1 Å². The summed E-state index contributed by atoms with van der Waals surface area (Å²) in [7, 11) is 3.65. The maximum Gasteiger partial charge on any atom is 0.251 e. The second kappa shape index (κ2) is 6.54. The van der Waals surface area contributed by atoms with Gasteiger partial charge in [-0.3, -0.25) is 14.5 Å². The average Bonchev–Trinajstić information content (AvgIpc) is 2.53. The van der Waals surface area contributed by atoms with Crippen molar-refractivity contribution in [3.05, 3.63) is 48.0 Å². The van der Waals surface area contributed by atoms with Crippen LogP contribution in [0.1, 0.15) is 22.0 Å². The highest BCUT2D eigenvalue weighted by Gasteiger charge is 2.27.